The van der Waals surface area contributed by atoms with Gasteiger partial charge in [-0.1, -0.05) is 51.3 Å². The first kappa shape index (κ1) is 28.4. The van der Waals surface area contributed by atoms with Crippen LogP contribution in [-0.2, 0) is 30.4 Å². The molecule has 7 nitrogen and oxygen atoms in total. The van der Waals surface area contributed by atoms with Crippen molar-refractivity contribution < 1.29 is 23.9 Å². The zero-order valence-corrected chi connectivity index (χ0v) is 22.4. The van der Waals surface area contributed by atoms with Gasteiger partial charge in [0, 0.05) is 12.6 Å². The third kappa shape index (κ3) is 8.71. The van der Waals surface area contributed by atoms with Crippen molar-refractivity contribution in [1.29, 1.82) is 0 Å². The first-order valence-electron chi connectivity index (χ1n) is 13.6. The Kier molecular flexibility index (Phi) is 11.0. The molecule has 1 aromatic rings. The largest absolute Gasteiger partial charge is 0.461 e. The Morgan fingerprint density at radius 2 is 1.81 bits per heavy atom. The summed E-state index contributed by atoms with van der Waals surface area (Å²) in [6, 6.07) is 6.07. The van der Waals surface area contributed by atoms with Gasteiger partial charge in [0.15, 0.2) is 6.29 Å². The van der Waals surface area contributed by atoms with Crippen LogP contribution in [0.5, 0.6) is 0 Å². The van der Waals surface area contributed by atoms with Gasteiger partial charge in [0.2, 0.25) is 0 Å². The van der Waals surface area contributed by atoms with E-state index in [2.05, 4.69) is 37.6 Å². The first-order valence-corrected chi connectivity index (χ1v) is 13.6. The predicted molar refractivity (Wildman–Crippen MR) is 141 cm³/mol. The molecular formula is C29H44N2O5. The third-order valence-electron chi connectivity index (χ3n) is 7.07. The third-order valence-corrected chi connectivity index (χ3v) is 7.07. The summed E-state index contributed by atoms with van der Waals surface area (Å²) in [7, 11) is 0. The molecule has 3 rings (SSSR count). The normalized spacial score (nSPS) is 19.0. The monoisotopic (exact) mass is 500 g/mol. The molecule has 1 atom stereocenters. The number of benzene rings is 1. The number of rotatable bonds is 12. The second kappa shape index (κ2) is 13.9. The lowest BCUT2D eigenvalue weighted by atomic mass is 9.81. The molecule has 0 radical (unpaired) electrons. The molecule has 2 aliphatic carbocycles. The number of hydrogen-bond donors (Lipinski definition) is 2. The number of carbonyl (C=O) groups excluding carboxylic acids is 2. The fourth-order valence-corrected chi connectivity index (χ4v) is 4.87. The minimum absolute atomic E-state index is 0.0662. The molecule has 36 heavy (non-hydrogen) atoms. The Morgan fingerprint density at radius 3 is 2.47 bits per heavy atom. The van der Waals surface area contributed by atoms with Crippen LogP contribution in [0, 0.1) is 12.8 Å². The van der Waals surface area contributed by atoms with Gasteiger partial charge in [-0.05, 0) is 81.1 Å². The summed E-state index contributed by atoms with van der Waals surface area (Å²) in [5, 5.41) is 3.60. The lowest BCUT2D eigenvalue weighted by Crippen LogP contribution is -2.54. The Bertz CT molecular complexity index is 886. The SMILES string of the molecule is Cc1cc(/C=C/C(=O)NOC(C)OCC(C)C)ccc1CNC1(C(=O)OC2CCCC2)CCCCC1. The van der Waals surface area contributed by atoms with Crippen molar-refractivity contribution in [3.05, 3.63) is 41.0 Å². The van der Waals surface area contributed by atoms with Crippen molar-refractivity contribution in [3.8, 4) is 0 Å². The van der Waals surface area contributed by atoms with E-state index in [0.717, 1.165) is 68.1 Å². The summed E-state index contributed by atoms with van der Waals surface area (Å²) < 4.78 is 11.4. The minimum atomic E-state index is -0.583. The van der Waals surface area contributed by atoms with Crippen LogP contribution in [0.15, 0.2) is 24.3 Å². The van der Waals surface area contributed by atoms with E-state index in [9.17, 15) is 9.59 Å². The fourth-order valence-electron chi connectivity index (χ4n) is 4.87. The summed E-state index contributed by atoms with van der Waals surface area (Å²) in [5.41, 5.74) is 4.97. The molecule has 0 aromatic heterocycles. The van der Waals surface area contributed by atoms with Crippen molar-refractivity contribution in [2.45, 2.75) is 110 Å². The van der Waals surface area contributed by atoms with Crippen LogP contribution in [0.1, 0.15) is 95.2 Å². The highest BCUT2D eigenvalue weighted by molar-refractivity contribution is 5.91. The van der Waals surface area contributed by atoms with E-state index in [1.54, 1.807) is 13.0 Å². The molecule has 2 saturated carbocycles. The second-order valence-corrected chi connectivity index (χ2v) is 10.7. The number of ether oxygens (including phenoxy) is 2. The van der Waals surface area contributed by atoms with Crippen molar-refractivity contribution >= 4 is 18.0 Å². The van der Waals surface area contributed by atoms with Crippen LogP contribution < -0.4 is 10.8 Å². The van der Waals surface area contributed by atoms with Crippen LogP contribution in [0.3, 0.4) is 0 Å². The van der Waals surface area contributed by atoms with Crippen molar-refractivity contribution in [2.24, 2.45) is 5.92 Å². The van der Waals surface area contributed by atoms with E-state index < -0.39 is 11.8 Å². The Balaban J connectivity index is 1.53. The fraction of sp³-hybridized carbons (Fsp3) is 0.655. The summed E-state index contributed by atoms with van der Waals surface area (Å²) in [5.74, 6) is -0.0196. The van der Waals surface area contributed by atoms with Crippen LogP contribution in [0.4, 0.5) is 0 Å². The zero-order chi connectivity index (χ0) is 26.0. The van der Waals surface area contributed by atoms with Gasteiger partial charge in [0.1, 0.15) is 11.6 Å². The minimum Gasteiger partial charge on any atom is -0.461 e. The van der Waals surface area contributed by atoms with Gasteiger partial charge in [-0.3, -0.25) is 14.9 Å². The van der Waals surface area contributed by atoms with Gasteiger partial charge >= 0.3 is 5.97 Å². The summed E-state index contributed by atoms with van der Waals surface area (Å²) in [4.78, 5) is 30.5. The maximum atomic E-state index is 13.2. The van der Waals surface area contributed by atoms with E-state index in [1.807, 2.05) is 12.1 Å². The van der Waals surface area contributed by atoms with Crippen LogP contribution in [0.25, 0.3) is 6.08 Å². The molecule has 0 aliphatic heterocycles. The smallest absolute Gasteiger partial charge is 0.326 e. The van der Waals surface area contributed by atoms with Gasteiger partial charge in [-0.25, -0.2) is 10.3 Å². The average molecular weight is 501 g/mol. The van der Waals surface area contributed by atoms with Crippen molar-refractivity contribution in [2.75, 3.05) is 6.61 Å². The number of aryl methyl sites for hydroxylation is 1. The van der Waals surface area contributed by atoms with Gasteiger partial charge in [0.25, 0.3) is 5.91 Å². The number of hydroxylamine groups is 1. The molecule has 2 N–H and O–H groups in total. The lowest BCUT2D eigenvalue weighted by molar-refractivity contribution is -0.180. The Morgan fingerprint density at radius 1 is 1.08 bits per heavy atom. The molecule has 0 bridgehead atoms. The predicted octanol–water partition coefficient (Wildman–Crippen LogP) is 5.35. The van der Waals surface area contributed by atoms with Crippen LogP contribution >= 0.6 is 0 Å². The zero-order valence-electron chi connectivity index (χ0n) is 22.4. The Labute approximate surface area is 216 Å². The molecule has 1 unspecified atom stereocenters. The molecule has 2 fully saturated rings. The van der Waals surface area contributed by atoms with Gasteiger partial charge in [0.05, 0.1) is 6.61 Å². The van der Waals surface area contributed by atoms with E-state index in [0.29, 0.717) is 19.1 Å². The standard InChI is InChI=1S/C29H44N2O5/c1-21(2)20-34-23(4)36-31-27(32)15-13-24-12-14-25(22(3)18-24)19-30-29(16-8-5-9-17-29)28(33)35-26-10-6-7-11-26/h12-15,18,21,23,26,30H,5-11,16-17,19-20H2,1-4H3,(H,31,32)/b15-13+. The quantitative estimate of drug-likeness (QED) is 0.174. The summed E-state index contributed by atoms with van der Waals surface area (Å²) in [6.07, 6.45) is 12.0. The topological polar surface area (TPSA) is 85.9 Å². The molecule has 2 aliphatic rings. The van der Waals surface area contributed by atoms with Gasteiger partial charge < -0.3 is 9.47 Å². The Hall–Kier alpha value is -2.22. The highest BCUT2D eigenvalue weighted by atomic mass is 16.8. The number of amides is 1. The molecule has 0 saturated heterocycles. The van der Waals surface area contributed by atoms with E-state index >= 15 is 0 Å². The van der Waals surface area contributed by atoms with E-state index in [-0.39, 0.29) is 18.0 Å². The number of nitrogens with one attached hydrogen (secondary N) is 2. The number of hydrogen-bond acceptors (Lipinski definition) is 6. The van der Waals surface area contributed by atoms with E-state index in [1.165, 1.54) is 12.5 Å². The van der Waals surface area contributed by atoms with Crippen LogP contribution in [-0.4, -0.2) is 36.4 Å². The molecule has 1 aromatic carbocycles. The highest BCUT2D eigenvalue weighted by Crippen LogP contribution is 2.32. The summed E-state index contributed by atoms with van der Waals surface area (Å²) >= 11 is 0. The summed E-state index contributed by atoms with van der Waals surface area (Å²) in [6.45, 7) is 9.07. The maximum Gasteiger partial charge on any atom is 0.326 e. The molecule has 7 heteroatoms. The van der Waals surface area contributed by atoms with Crippen LogP contribution in [0.2, 0.25) is 0 Å². The van der Waals surface area contributed by atoms with Gasteiger partial charge in [-0.2, -0.15) is 0 Å². The molecule has 0 spiro atoms. The molecule has 0 heterocycles. The highest BCUT2D eigenvalue weighted by Gasteiger charge is 2.41. The number of carbonyl (C=O) groups is 2. The lowest BCUT2D eigenvalue weighted by Gasteiger charge is -2.37. The molecule has 200 valence electrons. The van der Waals surface area contributed by atoms with Gasteiger partial charge in [-0.15, -0.1) is 0 Å². The molecular weight excluding hydrogens is 456 g/mol. The second-order valence-electron chi connectivity index (χ2n) is 10.7. The van der Waals surface area contributed by atoms with E-state index in [4.69, 9.17) is 14.3 Å². The van der Waals surface area contributed by atoms with Crippen molar-refractivity contribution in [1.82, 2.24) is 10.8 Å². The first-order chi connectivity index (χ1) is 17.3. The molecule has 1 amide bonds. The maximum absolute atomic E-state index is 13.2. The average Bonchev–Trinajstić information content (AvgIpc) is 3.38. The van der Waals surface area contributed by atoms with Crippen molar-refractivity contribution in [3.63, 3.8) is 0 Å². The number of esters is 1.